The lowest BCUT2D eigenvalue weighted by Crippen LogP contribution is -2.50. The maximum atomic E-state index is 13.1. The number of aromatic nitrogens is 1. The number of nitrogens with one attached hydrogen (secondary N) is 2. The highest BCUT2D eigenvalue weighted by atomic mass is 32.1. The van der Waals surface area contributed by atoms with E-state index in [-0.39, 0.29) is 22.9 Å². The van der Waals surface area contributed by atoms with E-state index < -0.39 is 65.9 Å². The molecule has 0 saturated carbocycles. The van der Waals surface area contributed by atoms with Crippen molar-refractivity contribution >= 4 is 53.1 Å². The maximum absolute atomic E-state index is 13.1. The van der Waals surface area contributed by atoms with Gasteiger partial charge in [0, 0.05) is 5.38 Å². The molecule has 0 saturated heterocycles. The number of aromatic carboxylic acids is 1. The first-order valence-corrected chi connectivity index (χ1v) is 11.3. The lowest BCUT2D eigenvalue weighted by atomic mass is 9.75. The zero-order valence-electron chi connectivity index (χ0n) is 19.5. The molecule has 1 atom stereocenters. The summed E-state index contributed by atoms with van der Waals surface area (Å²) in [5.41, 5.74) is 2.20. The van der Waals surface area contributed by atoms with Crippen LogP contribution in [0.2, 0.25) is 0 Å². The fraction of sp³-hybridized carbons (Fsp3) is 0.300. The largest absolute Gasteiger partial charge is 0.507 e. The molecule has 0 bridgehead atoms. The third-order valence-corrected chi connectivity index (χ3v) is 5.50. The summed E-state index contributed by atoms with van der Waals surface area (Å²) >= 11 is 0.894. The van der Waals surface area contributed by atoms with E-state index >= 15 is 0 Å². The normalized spacial score (nSPS) is 12.4. The van der Waals surface area contributed by atoms with Crippen molar-refractivity contribution < 1.29 is 49.4 Å². The number of anilines is 1. The summed E-state index contributed by atoms with van der Waals surface area (Å²) in [7, 11) is -2.18. The second-order valence-electron chi connectivity index (χ2n) is 7.95. The van der Waals surface area contributed by atoms with Gasteiger partial charge in [0.25, 0.3) is 5.91 Å². The molecule has 1 heterocycles. The minimum absolute atomic E-state index is 0.0134. The molecule has 0 radical (unpaired) electrons. The number of oxime groups is 1. The summed E-state index contributed by atoms with van der Waals surface area (Å²) < 4.78 is 0. The van der Waals surface area contributed by atoms with E-state index in [1.54, 1.807) is 0 Å². The number of hydrogen-bond donors (Lipinski definition) is 8. The standard InChI is InChI=1S/C20H24BN5O10S/c1-20(2,18(32)33)36-26-14(11-8-37-19(23-11)25-13(27)7-22)16(29)24-12(21(34)35)6-9-4-3-5-10(15(9)28)17(30)31/h3-5,8,12,28,34-35H,6-7,22H2,1-2H3,(H,24,29)(H,30,31)(H,32,33)(H,23,25,27)/b26-14-. The molecule has 0 aliphatic rings. The van der Waals surface area contributed by atoms with Crippen molar-refractivity contribution in [3.63, 3.8) is 0 Å². The van der Waals surface area contributed by atoms with E-state index in [1.807, 2.05) is 0 Å². The number of phenols is 1. The Balaban J connectivity index is 2.39. The molecule has 2 rings (SSSR count). The van der Waals surface area contributed by atoms with Gasteiger partial charge < -0.3 is 46.6 Å². The van der Waals surface area contributed by atoms with Gasteiger partial charge in [0.15, 0.2) is 10.8 Å². The third-order valence-electron chi connectivity index (χ3n) is 4.74. The van der Waals surface area contributed by atoms with Gasteiger partial charge in [-0.3, -0.25) is 9.59 Å². The lowest BCUT2D eigenvalue weighted by Gasteiger charge is -2.20. The van der Waals surface area contributed by atoms with Crippen molar-refractivity contribution in [2.24, 2.45) is 10.9 Å². The van der Waals surface area contributed by atoms with Crippen molar-refractivity contribution in [3.05, 3.63) is 40.4 Å². The first-order chi connectivity index (χ1) is 17.3. The van der Waals surface area contributed by atoms with E-state index in [2.05, 4.69) is 20.8 Å². The van der Waals surface area contributed by atoms with Gasteiger partial charge in [-0.2, -0.15) is 0 Å². The number of aliphatic carboxylic acids is 1. The topological polar surface area (TPSA) is 254 Å². The molecule has 1 unspecified atom stereocenters. The van der Waals surface area contributed by atoms with Crippen LogP contribution in [0.25, 0.3) is 0 Å². The molecule has 0 aliphatic carbocycles. The molecular weight excluding hydrogens is 513 g/mol. The second-order valence-corrected chi connectivity index (χ2v) is 8.81. The van der Waals surface area contributed by atoms with Crippen LogP contribution >= 0.6 is 11.3 Å². The van der Waals surface area contributed by atoms with Gasteiger partial charge in [0.1, 0.15) is 17.0 Å². The molecular formula is C20H24BN5O10S. The molecule has 198 valence electrons. The Kier molecular flexibility index (Phi) is 9.67. The molecule has 15 nitrogen and oxygen atoms in total. The summed E-state index contributed by atoms with van der Waals surface area (Å²) in [5.74, 6) is -6.60. The van der Waals surface area contributed by atoms with Crippen LogP contribution in [-0.4, -0.2) is 85.0 Å². The monoisotopic (exact) mass is 537 g/mol. The third kappa shape index (κ3) is 7.71. The molecule has 0 spiro atoms. The van der Waals surface area contributed by atoms with Gasteiger partial charge in [-0.05, 0) is 31.9 Å². The second kappa shape index (κ2) is 12.3. The minimum atomic E-state index is -2.18. The molecule has 17 heteroatoms. The van der Waals surface area contributed by atoms with Crippen LogP contribution in [0.1, 0.15) is 35.5 Å². The van der Waals surface area contributed by atoms with Crippen molar-refractivity contribution in [1.82, 2.24) is 10.3 Å². The Morgan fingerprint density at radius 3 is 2.49 bits per heavy atom. The summed E-state index contributed by atoms with van der Waals surface area (Å²) in [6, 6.07) is 3.78. The zero-order chi connectivity index (χ0) is 27.9. The van der Waals surface area contributed by atoms with Crippen molar-refractivity contribution in [2.45, 2.75) is 31.8 Å². The van der Waals surface area contributed by atoms with Crippen LogP contribution in [-0.2, 0) is 25.6 Å². The number of amides is 2. The Hall–Kier alpha value is -4.06. The van der Waals surface area contributed by atoms with Gasteiger partial charge in [-0.1, -0.05) is 17.3 Å². The Morgan fingerprint density at radius 1 is 1.24 bits per heavy atom. The van der Waals surface area contributed by atoms with Crippen LogP contribution in [0.4, 0.5) is 5.13 Å². The Bertz CT molecular complexity index is 1220. The Labute approximate surface area is 213 Å². The average molecular weight is 537 g/mol. The molecule has 1 aromatic heterocycles. The van der Waals surface area contributed by atoms with E-state index in [9.17, 15) is 44.5 Å². The molecule has 1 aromatic carbocycles. The number of thiazole rings is 1. The number of hydrogen-bond acceptors (Lipinski definition) is 12. The van der Waals surface area contributed by atoms with Crippen LogP contribution in [0.3, 0.4) is 0 Å². The van der Waals surface area contributed by atoms with Crippen molar-refractivity contribution in [1.29, 1.82) is 0 Å². The predicted octanol–water partition coefficient (Wildman–Crippen LogP) is -1.23. The summed E-state index contributed by atoms with van der Waals surface area (Å²) in [6.07, 6.45) is -0.417. The van der Waals surface area contributed by atoms with E-state index in [0.717, 1.165) is 17.4 Å². The summed E-state index contributed by atoms with van der Waals surface area (Å²) in [6.45, 7) is 2.00. The number of carbonyl (C=O) groups excluding carboxylic acids is 2. The number of carboxylic acids is 2. The number of carbonyl (C=O) groups is 4. The van der Waals surface area contributed by atoms with Crippen LogP contribution < -0.4 is 16.4 Å². The minimum Gasteiger partial charge on any atom is -0.507 e. The molecule has 2 aromatic rings. The van der Waals surface area contributed by atoms with E-state index in [1.165, 1.54) is 31.4 Å². The maximum Gasteiger partial charge on any atom is 0.475 e. The molecule has 2 amide bonds. The summed E-state index contributed by atoms with van der Waals surface area (Å²) in [5, 5.41) is 57.9. The number of nitrogens with zero attached hydrogens (tertiary/aromatic N) is 2. The van der Waals surface area contributed by atoms with E-state index in [0.29, 0.717) is 0 Å². The molecule has 0 aliphatic heterocycles. The van der Waals surface area contributed by atoms with Gasteiger partial charge in [0.2, 0.25) is 11.5 Å². The van der Waals surface area contributed by atoms with Crippen LogP contribution in [0.5, 0.6) is 5.75 Å². The van der Waals surface area contributed by atoms with Gasteiger partial charge in [-0.15, -0.1) is 11.3 Å². The smallest absolute Gasteiger partial charge is 0.475 e. The molecule has 37 heavy (non-hydrogen) atoms. The number of rotatable bonds is 12. The van der Waals surface area contributed by atoms with Gasteiger partial charge in [-0.25, -0.2) is 14.6 Å². The number of aromatic hydroxyl groups is 1. The highest BCUT2D eigenvalue weighted by Crippen LogP contribution is 2.24. The van der Waals surface area contributed by atoms with Gasteiger partial charge in [0.05, 0.1) is 12.5 Å². The highest BCUT2D eigenvalue weighted by Gasteiger charge is 2.33. The fourth-order valence-electron chi connectivity index (χ4n) is 2.65. The van der Waals surface area contributed by atoms with Crippen molar-refractivity contribution in [2.75, 3.05) is 11.9 Å². The van der Waals surface area contributed by atoms with Gasteiger partial charge >= 0.3 is 19.1 Å². The first kappa shape index (κ1) is 29.2. The predicted molar refractivity (Wildman–Crippen MR) is 130 cm³/mol. The fourth-order valence-corrected chi connectivity index (χ4v) is 3.36. The average Bonchev–Trinajstić information content (AvgIpc) is 3.27. The lowest BCUT2D eigenvalue weighted by molar-refractivity contribution is -0.161. The summed E-state index contributed by atoms with van der Waals surface area (Å²) in [4.78, 5) is 56.3. The SMILES string of the molecule is CC(C)(O/N=C(\C(=O)NC(Cc1cccc(C(=O)O)c1O)B(O)O)c1csc(NC(=O)CN)n1)C(=O)O. The quantitative estimate of drug-likeness (QED) is 0.0900. The van der Waals surface area contributed by atoms with Crippen LogP contribution in [0, 0.1) is 0 Å². The van der Waals surface area contributed by atoms with Crippen LogP contribution in [0.15, 0.2) is 28.7 Å². The van der Waals surface area contributed by atoms with Crippen molar-refractivity contribution in [3.8, 4) is 5.75 Å². The number of para-hydroxylation sites is 1. The molecule has 9 N–H and O–H groups in total. The van der Waals surface area contributed by atoms with E-state index in [4.69, 9.17) is 10.6 Å². The Morgan fingerprint density at radius 2 is 1.92 bits per heavy atom. The molecule has 0 fully saturated rings. The number of benzene rings is 1. The zero-order valence-corrected chi connectivity index (χ0v) is 20.4. The highest BCUT2D eigenvalue weighted by molar-refractivity contribution is 7.14. The number of carboxylic acid groups (broad SMARTS) is 2. The number of nitrogens with two attached hydrogens (primary N) is 1. The first-order valence-electron chi connectivity index (χ1n) is 10.4.